The second kappa shape index (κ2) is 10.2. The number of benzene rings is 3. The van der Waals surface area contributed by atoms with Crippen LogP contribution in [-0.2, 0) is 11.3 Å². The molecule has 192 valence electrons. The highest BCUT2D eigenvalue weighted by atomic mass is 16.5. The van der Waals surface area contributed by atoms with Gasteiger partial charge < -0.3 is 19.4 Å². The van der Waals surface area contributed by atoms with E-state index in [0.717, 1.165) is 33.7 Å². The van der Waals surface area contributed by atoms with E-state index in [1.54, 1.807) is 23.9 Å². The molecule has 1 N–H and O–H groups in total. The molecule has 5 aromatic rings. The van der Waals surface area contributed by atoms with Crippen LogP contribution in [0.15, 0.2) is 71.5 Å². The number of esters is 1. The maximum atomic E-state index is 12.9. The third-order valence-corrected chi connectivity index (χ3v) is 6.24. The van der Waals surface area contributed by atoms with Crippen LogP contribution in [0.25, 0.3) is 33.7 Å². The van der Waals surface area contributed by atoms with E-state index in [4.69, 9.17) is 14.5 Å². The van der Waals surface area contributed by atoms with E-state index < -0.39 is 0 Å². The molecule has 10 nitrogen and oxygen atoms in total. The first kappa shape index (κ1) is 24.7. The van der Waals surface area contributed by atoms with Crippen molar-refractivity contribution in [1.29, 1.82) is 0 Å². The van der Waals surface area contributed by atoms with Gasteiger partial charge in [0, 0.05) is 30.9 Å². The molecule has 0 saturated heterocycles. The molecule has 2 aromatic heterocycles. The molecule has 38 heavy (non-hydrogen) atoms. The van der Waals surface area contributed by atoms with E-state index in [1.165, 1.54) is 7.11 Å². The number of rotatable bonds is 7. The van der Waals surface area contributed by atoms with Gasteiger partial charge >= 0.3 is 5.97 Å². The quantitative estimate of drug-likeness (QED) is 0.329. The Balaban J connectivity index is 1.53. The molecule has 0 aliphatic heterocycles. The maximum Gasteiger partial charge on any atom is 0.337 e. The van der Waals surface area contributed by atoms with Gasteiger partial charge in [-0.15, -0.1) is 5.10 Å². The maximum absolute atomic E-state index is 12.9. The highest BCUT2D eigenvalue weighted by Crippen LogP contribution is 2.33. The molecule has 0 amide bonds. The molecule has 0 aliphatic carbocycles. The molecule has 5 rings (SSSR count). The number of hydrogen-bond acceptors (Lipinski definition) is 8. The summed E-state index contributed by atoms with van der Waals surface area (Å²) >= 11 is 0. The summed E-state index contributed by atoms with van der Waals surface area (Å²) in [4.78, 5) is 34.2. The molecule has 10 heteroatoms. The number of hydrogen-bond donors (Lipinski definition) is 1. The smallest absolute Gasteiger partial charge is 0.337 e. The number of H-pyrrole nitrogens is 1. The summed E-state index contributed by atoms with van der Waals surface area (Å²) in [5, 5.41) is 8.21. The zero-order chi connectivity index (χ0) is 26.8. The van der Waals surface area contributed by atoms with Crippen LogP contribution in [0.3, 0.4) is 0 Å². The van der Waals surface area contributed by atoms with E-state index in [-0.39, 0.29) is 17.0 Å². The second-order valence-electron chi connectivity index (χ2n) is 8.88. The Hall–Kier alpha value is -4.99. The van der Waals surface area contributed by atoms with Gasteiger partial charge in [-0.2, -0.15) is 0 Å². The standard InChI is InChI=1S/C28H26N6O4/c1-33(2)23-15-20(11-14-22(23)18-7-9-19(10-8-18)28(36)38-4)25-29-26-24(27(35)30-25)31-32-34(26)16-17-5-12-21(37-3)13-6-17/h5-15H,16H2,1-4H3,(H,29,30,35). The normalized spacial score (nSPS) is 10.9. The summed E-state index contributed by atoms with van der Waals surface area (Å²) in [6.45, 7) is 0.403. The molecule has 0 unspecified atom stereocenters. The van der Waals surface area contributed by atoms with Gasteiger partial charge in [0.25, 0.3) is 5.56 Å². The van der Waals surface area contributed by atoms with Crippen molar-refractivity contribution in [3.05, 3.63) is 88.2 Å². The first-order chi connectivity index (χ1) is 18.4. The fourth-order valence-corrected chi connectivity index (χ4v) is 4.21. The largest absolute Gasteiger partial charge is 0.497 e. The minimum atomic E-state index is -0.383. The Kier molecular flexibility index (Phi) is 6.61. The van der Waals surface area contributed by atoms with Crippen LogP contribution < -0.4 is 15.2 Å². The van der Waals surface area contributed by atoms with E-state index in [9.17, 15) is 9.59 Å². The van der Waals surface area contributed by atoms with Crippen LogP contribution >= 0.6 is 0 Å². The van der Waals surface area contributed by atoms with Gasteiger partial charge in [0.05, 0.1) is 26.3 Å². The summed E-state index contributed by atoms with van der Waals surface area (Å²) < 4.78 is 11.6. The number of aromatic nitrogens is 5. The van der Waals surface area contributed by atoms with Crippen molar-refractivity contribution in [2.24, 2.45) is 0 Å². The number of carbonyl (C=O) groups is 1. The number of fused-ring (bicyclic) bond motifs is 1. The van der Waals surface area contributed by atoms with Gasteiger partial charge in [0.1, 0.15) is 11.6 Å². The number of nitrogens with zero attached hydrogens (tertiary/aromatic N) is 5. The van der Waals surface area contributed by atoms with Crippen molar-refractivity contribution < 1.29 is 14.3 Å². The summed E-state index contributed by atoms with van der Waals surface area (Å²) in [6.07, 6.45) is 0. The summed E-state index contributed by atoms with van der Waals surface area (Å²) in [7, 11) is 6.86. The molecule has 0 saturated carbocycles. The van der Waals surface area contributed by atoms with Crippen LogP contribution in [-0.4, -0.2) is 59.2 Å². The molecule has 0 aliphatic rings. The zero-order valence-corrected chi connectivity index (χ0v) is 21.4. The molecule has 0 spiro atoms. The van der Waals surface area contributed by atoms with Crippen molar-refractivity contribution in [3.8, 4) is 28.3 Å². The van der Waals surface area contributed by atoms with Crippen molar-refractivity contribution in [2.75, 3.05) is 33.2 Å². The molecule has 2 heterocycles. The van der Waals surface area contributed by atoms with E-state index in [2.05, 4.69) is 15.3 Å². The summed E-state index contributed by atoms with van der Waals surface area (Å²) in [5.74, 6) is 0.788. The minimum absolute atomic E-state index is 0.178. The lowest BCUT2D eigenvalue weighted by molar-refractivity contribution is 0.0600. The average molecular weight is 511 g/mol. The Bertz CT molecular complexity index is 1670. The highest BCUT2D eigenvalue weighted by Gasteiger charge is 2.16. The Labute approximate surface area is 218 Å². The number of anilines is 1. The first-order valence-corrected chi connectivity index (χ1v) is 11.8. The third kappa shape index (κ3) is 4.71. The van der Waals surface area contributed by atoms with Gasteiger partial charge in [0.15, 0.2) is 11.2 Å². The lowest BCUT2D eigenvalue weighted by Gasteiger charge is -2.19. The lowest BCUT2D eigenvalue weighted by Crippen LogP contribution is -2.13. The van der Waals surface area contributed by atoms with Crippen molar-refractivity contribution in [3.63, 3.8) is 0 Å². The fraction of sp³-hybridized carbons (Fsp3) is 0.179. The van der Waals surface area contributed by atoms with Crippen LogP contribution in [0, 0.1) is 0 Å². The SMILES string of the molecule is COC(=O)c1ccc(-c2ccc(-c3nc4c(nnn4Cc4ccc(OC)cc4)c(=O)[nH]3)cc2N(C)C)cc1. The first-order valence-electron chi connectivity index (χ1n) is 11.8. The predicted octanol–water partition coefficient (Wildman–Crippen LogP) is 3.76. The van der Waals surface area contributed by atoms with Gasteiger partial charge in [0.2, 0.25) is 0 Å². The van der Waals surface area contributed by atoms with Gasteiger partial charge in [-0.05, 0) is 41.5 Å². The van der Waals surface area contributed by atoms with Crippen LogP contribution in [0.4, 0.5) is 5.69 Å². The molecule has 0 bridgehead atoms. The topological polar surface area (TPSA) is 115 Å². The Morgan fingerprint density at radius 3 is 2.34 bits per heavy atom. The van der Waals surface area contributed by atoms with Crippen molar-refractivity contribution in [1.82, 2.24) is 25.0 Å². The third-order valence-electron chi connectivity index (χ3n) is 6.24. The summed E-state index contributed by atoms with van der Waals surface area (Å²) in [6, 6.07) is 20.7. The molecular formula is C28H26N6O4. The van der Waals surface area contributed by atoms with E-state index >= 15 is 0 Å². The molecule has 0 fully saturated rings. The number of ether oxygens (including phenoxy) is 2. The van der Waals surface area contributed by atoms with Crippen LogP contribution in [0.1, 0.15) is 15.9 Å². The van der Waals surface area contributed by atoms with E-state index in [0.29, 0.717) is 23.6 Å². The Morgan fingerprint density at radius 2 is 1.68 bits per heavy atom. The van der Waals surface area contributed by atoms with Gasteiger partial charge in [-0.3, -0.25) is 4.79 Å². The molecule has 3 aromatic carbocycles. The lowest BCUT2D eigenvalue weighted by atomic mass is 9.99. The zero-order valence-electron chi connectivity index (χ0n) is 21.4. The van der Waals surface area contributed by atoms with Gasteiger partial charge in [-0.1, -0.05) is 41.6 Å². The van der Waals surface area contributed by atoms with E-state index in [1.807, 2.05) is 73.6 Å². The molecule has 0 radical (unpaired) electrons. The van der Waals surface area contributed by atoms with Crippen LogP contribution in [0.5, 0.6) is 5.75 Å². The summed E-state index contributed by atoms with van der Waals surface area (Å²) in [5.41, 5.74) is 5.22. The van der Waals surface area contributed by atoms with Gasteiger partial charge in [-0.25, -0.2) is 14.5 Å². The average Bonchev–Trinajstić information content (AvgIpc) is 3.35. The molecule has 0 atom stereocenters. The number of methoxy groups -OCH3 is 2. The Morgan fingerprint density at radius 1 is 0.974 bits per heavy atom. The molecular weight excluding hydrogens is 484 g/mol. The monoisotopic (exact) mass is 510 g/mol. The number of nitrogens with one attached hydrogen (secondary N) is 1. The highest BCUT2D eigenvalue weighted by molar-refractivity contribution is 5.91. The number of carbonyl (C=O) groups excluding carboxylic acids is 1. The fourth-order valence-electron chi connectivity index (χ4n) is 4.21. The number of aromatic amines is 1. The minimum Gasteiger partial charge on any atom is -0.497 e. The predicted molar refractivity (Wildman–Crippen MR) is 145 cm³/mol. The van der Waals surface area contributed by atoms with Crippen LogP contribution in [0.2, 0.25) is 0 Å². The van der Waals surface area contributed by atoms with Crippen molar-refractivity contribution >= 4 is 22.8 Å². The van der Waals surface area contributed by atoms with Crippen molar-refractivity contribution in [2.45, 2.75) is 6.54 Å². The second-order valence-corrected chi connectivity index (χ2v) is 8.88.